The number of benzene rings is 1. The Morgan fingerprint density at radius 2 is 2.10 bits per heavy atom. The number of nitrogens with one attached hydrogen (secondary N) is 2. The summed E-state index contributed by atoms with van der Waals surface area (Å²) in [5.74, 6) is -0.587. The van der Waals surface area contributed by atoms with Crippen LogP contribution in [-0.4, -0.2) is 72.9 Å². The predicted molar refractivity (Wildman–Crippen MR) is 116 cm³/mol. The summed E-state index contributed by atoms with van der Waals surface area (Å²) in [5, 5.41) is 5.46. The molecular formula is C21H27N3O6S. The van der Waals surface area contributed by atoms with Gasteiger partial charge in [0, 0.05) is 25.3 Å². The number of esters is 1. The maximum Gasteiger partial charge on any atom is 0.308 e. The van der Waals surface area contributed by atoms with E-state index < -0.39 is 17.9 Å². The van der Waals surface area contributed by atoms with Gasteiger partial charge in [-0.15, -0.1) is 0 Å². The molecule has 0 bridgehead atoms. The predicted octanol–water partition coefficient (Wildman–Crippen LogP) is 1.01. The van der Waals surface area contributed by atoms with Crippen molar-refractivity contribution >= 4 is 35.1 Å². The zero-order valence-electron chi connectivity index (χ0n) is 17.4. The van der Waals surface area contributed by atoms with Crippen LogP contribution in [0.2, 0.25) is 0 Å². The Hall–Kier alpha value is -2.72. The van der Waals surface area contributed by atoms with Gasteiger partial charge in [-0.25, -0.2) is 0 Å². The van der Waals surface area contributed by atoms with E-state index in [0.717, 1.165) is 12.8 Å². The summed E-state index contributed by atoms with van der Waals surface area (Å²) in [7, 11) is 0. The molecule has 168 valence electrons. The van der Waals surface area contributed by atoms with Gasteiger partial charge < -0.3 is 24.4 Å². The third kappa shape index (κ3) is 6.38. The molecule has 0 spiro atoms. The number of thiocarbonyl (C=S) groups is 1. The molecule has 0 radical (unpaired) electrons. The lowest BCUT2D eigenvalue weighted by atomic mass is 10.1. The topological polar surface area (TPSA) is 106 Å². The fourth-order valence-corrected chi connectivity index (χ4v) is 3.76. The molecule has 2 atom stereocenters. The molecule has 10 heteroatoms. The Bertz CT molecular complexity index is 810. The minimum Gasteiger partial charge on any atom is -0.494 e. The minimum atomic E-state index is -0.848. The molecule has 31 heavy (non-hydrogen) atoms. The van der Waals surface area contributed by atoms with Crippen LogP contribution in [0.15, 0.2) is 24.3 Å². The van der Waals surface area contributed by atoms with Crippen LogP contribution >= 0.6 is 12.2 Å². The molecule has 0 unspecified atom stereocenters. The zero-order chi connectivity index (χ0) is 22.2. The van der Waals surface area contributed by atoms with Crippen molar-refractivity contribution < 1.29 is 28.6 Å². The van der Waals surface area contributed by atoms with Gasteiger partial charge in [0.25, 0.3) is 5.91 Å². The first-order valence-electron chi connectivity index (χ1n) is 10.4. The maximum atomic E-state index is 12.6. The molecule has 1 aromatic rings. The molecule has 9 nitrogen and oxygen atoms in total. The second-order valence-corrected chi connectivity index (χ2v) is 7.63. The molecule has 2 aliphatic rings. The number of hydrogen-bond acceptors (Lipinski definition) is 7. The highest BCUT2D eigenvalue weighted by atomic mass is 32.1. The normalized spacial score (nSPS) is 20.7. The van der Waals surface area contributed by atoms with Crippen molar-refractivity contribution in [2.24, 2.45) is 0 Å². The van der Waals surface area contributed by atoms with Gasteiger partial charge in [-0.05, 0) is 56.2 Å². The van der Waals surface area contributed by atoms with Crippen LogP contribution in [0.5, 0.6) is 5.75 Å². The van der Waals surface area contributed by atoms with Crippen molar-refractivity contribution in [3.63, 3.8) is 0 Å². The molecular weight excluding hydrogens is 422 g/mol. The molecule has 2 fully saturated rings. The van der Waals surface area contributed by atoms with E-state index in [-0.39, 0.29) is 30.2 Å². The lowest BCUT2D eigenvalue weighted by molar-refractivity contribution is -0.150. The number of carbonyl (C=O) groups is 3. The fraction of sp³-hybridized carbons (Fsp3) is 0.524. The Kier molecular flexibility index (Phi) is 8.19. The highest BCUT2D eigenvalue weighted by Gasteiger charge is 2.34. The molecule has 0 aromatic heterocycles. The summed E-state index contributed by atoms with van der Waals surface area (Å²) in [5.41, 5.74) is 0.403. The Morgan fingerprint density at radius 3 is 2.77 bits per heavy atom. The van der Waals surface area contributed by atoms with Crippen molar-refractivity contribution in [1.82, 2.24) is 15.5 Å². The molecule has 2 aliphatic heterocycles. The second kappa shape index (κ2) is 11.1. The largest absolute Gasteiger partial charge is 0.494 e. The van der Waals surface area contributed by atoms with E-state index in [2.05, 4.69) is 10.6 Å². The lowest BCUT2D eigenvalue weighted by Gasteiger charge is -2.36. The summed E-state index contributed by atoms with van der Waals surface area (Å²) in [6.45, 7) is 3.99. The van der Waals surface area contributed by atoms with E-state index in [1.54, 1.807) is 29.2 Å². The highest BCUT2D eigenvalue weighted by Crippen LogP contribution is 2.15. The van der Waals surface area contributed by atoms with Crippen LogP contribution in [0.3, 0.4) is 0 Å². The zero-order valence-corrected chi connectivity index (χ0v) is 18.2. The molecule has 3 rings (SSSR count). The molecule has 2 heterocycles. The fourth-order valence-electron chi connectivity index (χ4n) is 3.45. The van der Waals surface area contributed by atoms with Crippen molar-refractivity contribution in [3.05, 3.63) is 29.8 Å². The molecule has 1 aromatic carbocycles. The van der Waals surface area contributed by atoms with Gasteiger partial charge in [-0.3, -0.25) is 19.7 Å². The number of nitrogens with zero attached hydrogens (tertiary/aromatic N) is 1. The van der Waals surface area contributed by atoms with Gasteiger partial charge in [0.2, 0.25) is 5.91 Å². The maximum absolute atomic E-state index is 12.6. The van der Waals surface area contributed by atoms with E-state index in [0.29, 0.717) is 37.6 Å². The van der Waals surface area contributed by atoms with Gasteiger partial charge in [0.05, 0.1) is 19.1 Å². The summed E-state index contributed by atoms with van der Waals surface area (Å²) in [6.07, 6.45) is 1.54. The minimum absolute atomic E-state index is 0.0882. The van der Waals surface area contributed by atoms with Crippen molar-refractivity contribution in [2.45, 2.75) is 38.3 Å². The van der Waals surface area contributed by atoms with Crippen molar-refractivity contribution in [3.8, 4) is 5.75 Å². The third-order valence-corrected chi connectivity index (χ3v) is 5.39. The molecule has 2 N–H and O–H groups in total. The summed E-state index contributed by atoms with van der Waals surface area (Å²) < 4.78 is 16.1. The molecule has 0 saturated carbocycles. The first kappa shape index (κ1) is 23.0. The van der Waals surface area contributed by atoms with Crippen LogP contribution in [-0.2, 0) is 19.1 Å². The van der Waals surface area contributed by atoms with Crippen LogP contribution in [0.1, 0.15) is 36.5 Å². The lowest BCUT2D eigenvalue weighted by Crippen LogP contribution is -2.60. The summed E-state index contributed by atoms with van der Waals surface area (Å²) in [6, 6.07) is 5.81. The number of carbonyl (C=O) groups excluding carboxylic acids is 3. The van der Waals surface area contributed by atoms with E-state index in [1.165, 1.54) is 0 Å². The third-order valence-electron chi connectivity index (χ3n) is 5.05. The van der Waals surface area contributed by atoms with E-state index in [1.807, 2.05) is 6.92 Å². The average molecular weight is 450 g/mol. The molecule has 2 amide bonds. The first-order chi connectivity index (χ1) is 15.0. The van der Waals surface area contributed by atoms with Gasteiger partial charge in [0.15, 0.2) is 5.11 Å². The van der Waals surface area contributed by atoms with Gasteiger partial charge in [-0.1, -0.05) is 0 Å². The van der Waals surface area contributed by atoms with E-state index >= 15 is 0 Å². The van der Waals surface area contributed by atoms with Gasteiger partial charge in [0.1, 0.15) is 18.4 Å². The van der Waals surface area contributed by atoms with E-state index in [9.17, 15) is 14.4 Å². The Balaban J connectivity index is 1.57. The number of ether oxygens (including phenoxy) is 3. The number of rotatable bonds is 7. The quantitative estimate of drug-likeness (QED) is 0.469. The van der Waals surface area contributed by atoms with Crippen LogP contribution in [0.25, 0.3) is 0 Å². The second-order valence-electron chi connectivity index (χ2n) is 7.24. The Labute approximate surface area is 186 Å². The summed E-state index contributed by atoms with van der Waals surface area (Å²) in [4.78, 5) is 38.8. The number of amides is 2. The average Bonchev–Trinajstić information content (AvgIpc) is 3.28. The standard InChI is InChI=1S/C21H27N3O6S/c1-2-28-15-7-5-14(6-8-15)19(26)23-21(31)24-10-9-22-20(27)17(24)12-18(25)30-13-16-4-3-11-29-16/h5-8,16-17H,2-4,9-13H2,1H3,(H,22,27)(H,23,26,31)/t16-,17+/m0/s1. The van der Waals surface area contributed by atoms with Crippen LogP contribution in [0, 0.1) is 0 Å². The van der Waals surface area contributed by atoms with Crippen LogP contribution in [0.4, 0.5) is 0 Å². The number of hydrogen-bond donors (Lipinski definition) is 2. The highest BCUT2D eigenvalue weighted by molar-refractivity contribution is 7.80. The van der Waals surface area contributed by atoms with Crippen LogP contribution < -0.4 is 15.4 Å². The van der Waals surface area contributed by atoms with Gasteiger partial charge >= 0.3 is 5.97 Å². The Morgan fingerprint density at radius 1 is 1.32 bits per heavy atom. The SMILES string of the molecule is CCOc1ccc(C(=O)NC(=S)N2CCNC(=O)[C@H]2CC(=O)OC[C@@H]2CCCO2)cc1. The van der Waals surface area contributed by atoms with Crippen molar-refractivity contribution in [1.29, 1.82) is 0 Å². The van der Waals surface area contributed by atoms with Gasteiger partial charge in [-0.2, -0.15) is 0 Å². The number of piperazine rings is 1. The molecule has 2 saturated heterocycles. The smallest absolute Gasteiger partial charge is 0.308 e. The van der Waals surface area contributed by atoms with Crippen molar-refractivity contribution in [2.75, 3.05) is 32.9 Å². The monoisotopic (exact) mass is 449 g/mol. The van der Waals surface area contributed by atoms with E-state index in [4.69, 9.17) is 26.4 Å². The molecule has 0 aliphatic carbocycles. The first-order valence-corrected chi connectivity index (χ1v) is 10.8. The summed E-state index contributed by atoms with van der Waals surface area (Å²) >= 11 is 5.37.